The fraction of sp³-hybridized carbons (Fsp3) is 0.0426. The molecule has 8 aromatic rings. The molecule has 0 radical (unpaired) electrons. The summed E-state index contributed by atoms with van der Waals surface area (Å²) >= 11 is 0. The van der Waals surface area contributed by atoms with Crippen LogP contribution in [-0.4, -0.2) is 16.5 Å². The molecule has 3 heteroatoms. The van der Waals surface area contributed by atoms with Crippen molar-refractivity contribution in [3.8, 4) is 33.4 Å². The van der Waals surface area contributed by atoms with Crippen LogP contribution in [0.5, 0.6) is 0 Å². The SMILES string of the molecule is c1ccc2cccc(-c3ccc(C4=NC(c5ccc(-c6cccnc6)cc5)CC(c5cccc(-c6ccc7ccccc7c6)c5)=N4)cc3)c2c#1. The molecule has 0 bridgehead atoms. The number of nitrogens with zero attached hydrogens (tertiary/aromatic N) is 3. The van der Waals surface area contributed by atoms with Crippen LogP contribution in [0.25, 0.3) is 54.9 Å². The predicted molar refractivity (Wildman–Crippen MR) is 207 cm³/mol. The van der Waals surface area contributed by atoms with E-state index >= 15 is 0 Å². The summed E-state index contributed by atoms with van der Waals surface area (Å²) in [6.07, 6.45) is 4.41. The molecule has 9 rings (SSSR count). The van der Waals surface area contributed by atoms with E-state index in [9.17, 15) is 0 Å². The number of rotatable bonds is 6. The Hall–Kier alpha value is -6.63. The van der Waals surface area contributed by atoms with Gasteiger partial charge in [0.2, 0.25) is 0 Å². The van der Waals surface area contributed by atoms with Gasteiger partial charge in [-0.1, -0.05) is 140 Å². The first-order valence-electron chi connectivity index (χ1n) is 16.9. The smallest absolute Gasteiger partial charge is 0.155 e. The van der Waals surface area contributed by atoms with Crippen LogP contribution in [0, 0.1) is 12.1 Å². The average Bonchev–Trinajstić information content (AvgIpc) is 3.21. The monoisotopic (exact) mass is 637 g/mol. The van der Waals surface area contributed by atoms with Gasteiger partial charge in [-0.3, -0.25) is 9.98 Å². The van der Waals surface area contributed by atoms with Crippen molar-refractivity contribution in [2.24, 2.45) is 9.98 Å². The molecule has 0 saturated carbocycles. The quantitative estimate of drug-likeness (QED) is 0.179. The Morgan fingerprint density at radius 1 is 0.520 bits per heavy atom. The number of fused-ring (bicyclic) bond motifs is 2. The average molecular weight is 638 g/mol. The molecule has 1 unspecified atom stereocenters. The van der Waals surface area contributed by atoms with E-state index in [1.807, 2.05) is 18.3 Å². The van der Waals surface area contributed by atoms with Crippen LogP contribution in [0.15, 0.2) is 180 Å². The van der Waals surface area contributed by atoms with E-state index in [0.29, 0.717) is 6.42 Å². The van der Waals surface area contributed by atoms with Gasteiger partial charge in [-0.15, -0.1) is 0 Å². The van der Waals surface area contributed by atoms with E-state index in [4.69, 9.17) is 9.98 Å². The van der Waals surface area contributed by atoms with E-state index in [1.54, 1.807) is 6.20 Å². The van der Waals surface area contributed by atoms with Crippen molar-refractivity contribution in [2.45, 2.75) is 12.5 Å². The maximum atomic E-state index is 5.27. The van der Waals surface area contributed by atoms with E-state index in [1.165, 1.54) is 21.9 Å². The second-order valence-electron chi connectivity index (χ2n) is 12.7. The van der Waals surface area contributed by atoms with Crippen molar-refractivity contribution in [1.82, 2.24) is 4.98 Å². The highest BCUT2D eigenvalue weighted by Gasteiger charge is 2.23. The Kier molecular flexibility index (Phi) is 7.53. The molecule has 0 spiro atoms. The molecule has 1 aliphatic heterocycles. The summed E-state index contributed by atoms with van der Waals surface area (Å²) in [6, 6.07) is 62.0. The Morgan fingerprint density at radius 2 is 1.24 bits per heavy atom. The lowest BCUT2D eigenvalue weighted by Crippen LogP contribution is -2.17. The molecule has 1 aliphatic rings. The normalized spacial score (nSPS) is 14.2. The third-order valence-corrected chi connectivity index (χ3v) is 9.57. The van der Waals surface area contributed by atoms with Crippen LogP contribution in [-0.2, 0) is 0 Å². The van der Waals surface area contributed by atoms with Gasteiger partial charge in [0.25, 0.3) is 0 Å². The summed E-state index contributed by atoms with van der Waals surface area (Å²) < 4.78 is 0. The number of hydrogen-bond acceptors (Lipinski definition) is 3. The van der Waals surface area contributed by atoms with Gasteiger partial charge in [0.15, 0.2) is 5.84 Å². The lowest BCUT2D eigenvalue weighted by molar-refractivity contribution is 0.754. The molecule has 1 aromatic heterocycles. The van der Waals surface area contributed by atoms with E-state index in [-0.39, 0.29) is 6.04 Å². The summed E-state index contributed by atoms with van der Waals surface area (Å²) in [7, 11) is 0. The Balaban J connectivity index is 1.10. The topological polar surface area (TPSA) is 37.6 Å². The molecule has 0 saturated heterocycles. The second kappa shape index (κ2) is 12.8. The third kappa shape index (κ3) is 5.74. The molecule has 0 amide bonds. The number of amidine groups is 1. The van der Waals surface area contributed by atoms with Gasteiger partial charge < -0.3 is 0 Å². The minimum absolute atomic E-state index is 0.0762. The first kappa shape index (κ1) is 29.5. The van der Waals surface area contributed by atoms with Crippen molar-refractivity contribution >= 4 is 33.1 Å². The van der Waals surface area contributed by atoms with Crippen LogP contribution in [0.2, 0.25) is 0 Å². The summed E-state index contributed by atoms with van der Waals surface area (Å²) in [5.74, 6) is 0.744. The lowest BCUT2D eigenvalue weighted by Gasteiger charge is -2.22. The Bertz CT molecular complexity index is 2540. The van der Waals surface area contributed by atoms with Gasteiger partial charge in [-0.05, 0) is 91.0 Å². The fourth-order valence-electron chi connectivity index (χ4n) is 6.90. The van der Waals surface area contributed by atoms with Gasteiger partial charge in [0.1, 0.15) is 0 Å². The molecular formula is C47H31N3. The first-order valence-corrected chi connectivity index (χ1v) is 16.9. The molecule has 3 nitrogen and oxygen atoms in total. The highest BCUT2D eigenvalue weighted by Crippen LogP contribution is 2.33. The standard InChI is InChI=1S/C47H31N3/c1-2-10-38-28-40(26-19-32(38)8-1)39-12-5-13-41(29-39)46-30-45(36-22-17-33(18-23-36)42-14-7-27-48-31-42)49-47(50-46)37-24-20-35(21-25-37)44-16-6-11-34-9-3-4-15-43(34)44/h1-3,5-14,16-29,31,45H,30H2. The maximum absolute atomic E-state index is 5.27. The van der Waals surface area contributed by atoms with Crippen molar-refractivity contribution < 1.29 is 0 Å². The third-order valence-electron chi connectivity index (χ3n) is 9.57. The van der Waals surface area contributed by atoms with Crippen LogP contribution in [0.1, 0.15) is 29.2 Å². The summed E-state index contributed by atoms with van der Waals surface area (Å²) in [5.41, 5.74) is 11.2. The molecule has 1 atom stereocenters. The van der Waals surface area contributed by atoms with E-state index in [2.05, 4.69) is 163 Å². The maximum Gasteiger partial charge on any atom is 0.155 e. The number of aromatic nitrogens is 1. The van der Waals surface area contributed by atoms with Crippen molar-refractivity contribution in [1.29, 1.82) is 0 Å². The van der Waals surface area contributed by atoms with E-state index < -0.39 is 0 Å². The van der Waals surface area contributed by atoms with Crippen LogP contribution >= 0.6 is 0 Å². The van der Waals surface area contributed by atoms with E-state index in [0.717, 1.165) is 61.3 Å². The van der Waals surface area contributed by atoms with Gasteiger partial charge >= 0.3 is 0 Å². The zero-order valence-corrected chi connectivity index (χ0v) is 27.3. The molecular weight excluding hydrogens is 607 g/mol. The van der Waals surface area contributed by atoms with Crippen LogP contribution in [0.3, 0.4) is 0 Å². The summed E-state index contributed by atoms with van der Waals surface area (Å²) in [4.78, 5) is 14.8. The molecule has 234 valence electrons. The lowest BCUT2D eigenvalue weighted by atomic mass is 9.92. The van der Waals surface area contributed by atoms with Gasteiger partial charge in [0, 0.05) is 29.8 Å². The number of benzene rings is 6. The zero-order valence-electron chi connectivity index (χ0n) is 27.3. The number of pyridine rings is 1. The van der Waals surface area contributed by atoms with Gasteiger partial charge in [0.05, 0.1) is 11.8 Å². The summed E-state index contributed by atoms with van der Waals surface area (Å²) in [6.45, 7) is 0. The largest absolute Gasteiger partial charge is 0.264 e. The highest BCUT2D eigenvalue weighted by molar-refractivity contribution is 6.14. The first-order chi connectivity index (χ1) is 24.7. The number of hydrogen-bond donors (Lipinski definition) is 0. The van der Waals surface area contributed by atoms with Gasteiger partial charge in [-0.25, -0.2) is 4.99 Å². The Morgan fingerprint density at radius 3 is 2.10 bits per heavy atom. The zero-order chi connectivity index (χ0) is 33.3. The van der Waals surface area contributed by atoms with Crippen LogP contribution in [0.4, 0.5) is 0 Å². The number of aliphatic imine (C=N–C) groups is 2. The van der Waals surface area contributed by atoms with Crippen molar-refractivity contribution in [2.75, 3.05) is 0 Å². The fourth-order valence-corrected chi connectivity index (χ4v) is 6.90. The van der Waals surface area contributed by atoms with Gasteiger partial charge in [-0.2, -0.15) is 0 Å². The van der Waals surface area contributed by atoms with Crippen molar-refractivity contribution in [3.63, 3.8) is 0 Å². The molecule has 0 N–H and O–H groups in total. The summed E-state index contributed by atoms with van der Waals surface area (Å²) in [5, 5.41) is 4.70. The molecule has 50 heavy (non-hydrogen) atoms. The van der Waals surface area contributed by atoms with Crippen molar-refractivity contribution in [3.05, 3.63) is 199 Å². The molecule has 0 aliphatic carbocycles. The molecule has 7 aromatic carbocycles. The van der Waals surface area contributed by atoms with Crippen LogP contribution < -0.4 is 0 Å². The minimum atomic E-state index is -0.0762. The Labute approximate surface area is 292 Å². The molecule has 0 fully saturated rings. The predicted octanol–water partition coefficient (Wildman–Crippen LogP) is 11.4. The minimum Gasteiger partial charge on any atom is -0.264 e. The second-order valence-corrected chi connectivity index (χ2v) is 12.7. The molecule has 2 heterocycles. The highest BCUT2D eigenvalue weighted by atomic mass is 15.0.